The molecular formula is C22H23N7OS. The number of nitrogens with one attached hydrogen (secondary N) is 1. The van der Waals surface area contributed by atoms with Gasteiger partial charge in [0.25, 0.3) is 5.91 Å². The molecule has 158 valence electrons. The fourth-order valence-corrected chi connectivity index (χ4v) is 4.68. The summed E-state index contributed by atoms with van der Waals surface area (Å²) in [4.78, 5) is 29.8. The number of hydrogen-bond donors (Lipinski definition) is 2. The van der Waals surface area contributed by atoms with Crippen LogP contribution in [0.3, 0.4) is 0 Å². The van der Waals surface area contributed by atoms with E-state index >= 15 is 0 Å². The minimum absolute atomic E-state index is 0.380. The van der Waals surface area contributed by atoms with Gasteiger partial charge in [-0.15, -0.1) is 11.3 Å². The van der Waals surface area contributed by atoms with Crippen molar-refractivity contribution in [3.05, 3.63) is 63.2 Å². The Labute approximate surface area is 183 Å². The molecule has 9 heteroatoms. The summed E-state index contributed by atoms with van der Waals surface area (Å²) in [6.45, 7) is 4.36. The van der Waals surface area contributed by atoms with Crippen LogP contribution in [0.2, 0.25) is 0 Å². The van der Waals surface area contributed by atoms with Crippen molar-refractivity contribution < 1.29 is 4.79 Å². The van der Waals surface area contributed by atoms with Crippen molar-refractivity contribution in [2.45, 2.75) is 26.4 Å². The Morgan fingerprint density at radius 3 is 2.90 bits per heavy atom. The van der Waals surface area contributed by atoms with Crippen molar-refractivity contribution in [1.82, 2.24) is 24.3 Å². The molecule has 8 nitrogen and oxygen atoms in total. The second-order valence-corrected chi connectivity index (χ2v) is 8.80. The first kappa shape index (κ1) is 19.7. The first-order valence-electron chi connectivity index (χ1n) is 10.1. The van der Waals surface area contributed by atoms with Crippen molar-refractivity contribution >= 4 is 28.7 Å². The van der Waals surface area contributed by atoms with Crippen LogP contribution in [0.5, 0.6) is 0 Å². The summed E-state index contributed by atoms with van der Waals surface area (Å²) in [5, 5.41) is 5.60. The predicted molar refractivity (Wildman–Crippen MR) is 121 cm³/mol. The molecule has 0 radical (unpaired) electrons. The van der Waals surface area contributed by atoms with Crippen LogP contribution in [0.25, 0.3) is 17.2 Å². The molecule has 3 N–H and O–H groups in total. The topological polar surface area (TPSA) is 101 Å². The number of aryl methyl sites for hydroxylation is 1. The zero-order chi connectivity index (χ0) is 21.5. The number of aromatic nitrogens is 4. The number of rotatable bonds is 5. The number of carbonyl (C=O) groups is 1. The molecule has 0 saturated carbocycles. The highest BCUT2D eigenvalue weighted by Crippen LogP contribution is 2.30. The number of nitrogens with zero attached hydrogens (tertiary/aromatic N) is 5. The maximum absolute atomic E-state index is 11.9. The van der Waals surface area contributed by atoms with E-state index in [-0.39, 0.29) is 0 Å². The average molecular weight is 434 g/mol. The Hall–Kier alpha value is -3.30. The normalized spacial score (nSPS) is 14.0. The van der Waals surface area contributed by atoms with Crippen molar-refractivity contribution in [3.63, 3.8) is 0 Å². The summed E-state index contributed by atoms with van der Waals surface area (Å²) in [6, 6.07) is 7.64. The third-order valence-corrected chi connectivity index (χ3v) is 6.44. The number of primary amides is 1. The lowest BCUT2D eigenvalue weighted by Crippen LogP contribution is -2.29. The molecule has 0 aromatic carbocycles. The number of thiophene rings is 1. The Morgan fingerprint density at radius 2 is 2.13 bits per heavy atom. The van der Waals surface area contributed by atoms with Crippen LogP contribution in [-0.2, 0) is 19.5 Å². The molecule has 0 saturated heterocycles. The molecule has 0 fully saturated rings. The van der Waals surface area contributed by atoms with Gasteiger partial charge in [0.15, 0.2) is 5.82 Å². The zero-order valence-electron chi connectivity index (χ0n) is 17.4. The third kappa shape index (κ3) is 3.55. The molecular weight excluding hydrogens is 410 g/mol. The molecule has 4 aromatic rings. The molecule has 1 aliphatic heterocycles. The number of anilines is 1. The molecule has 31 heavy (non-hydrogen) atoms. The van der Waals surface area contributed by atoms with Gasteiger partial charge in [-0.1, -0.05) is 6.07 Å². The number of fused-ring (bicyclic) bond motifs is 2. The Bertz CT molecular complexity index is 1280. The quantitative estimate of drug-likeness (QED) is 0.502. The Morgan fingerprint density at radius 1 is 1.26 bits per heavy atom. The van der Waals surface area contributed by atoms with E-state index in [1.165, 1.54) is 10.4 Å². The molecule has 0 aliphatic carbocycles. The first-order valence-corrected chi connectivity index (χ1v) is 11.0. The lowest BCUT2D eigenvalue weighted by Gasteiger charge is -2.26. The zero-order valence-corrected chi connectivity index (χ0v) is 18.2. The summed E-state index contributed by atoms with van der Waals surface area (Å²) in [5.41, 5.74) is 10.2. The van der Waals surface area contributed by atoms with Crippen molar-refractivity contribution in [2.75, 3.05) is 18.9 Å². The van der Waals surface area contributed by atoms with Gasteiger partial charge in [0, 0.05) is 29.7 Å². The van der Waals surface area contributed by atoms with Gasteiger partial charge in [-0.25, -0.2) is 15.0 Å². The summed E-state index contributed by atoms with van der Waals surface area (Å²) in [7, 11) is 2.10. The predicted octanol–water partition coefficient (Wildman–Crippen LogP) is 2.86. The summed E-state index contributed by atoms with van der Waals surface area (Å²) >= 11 is 1.72. The Kier molecular flexibility index (Phi) is 4.91. The highest BCUT2D eigenvalue weighted by molar-refractivity contribution is 7.09. The average Bonchev–Trinajstić information content (AvgIpc) is 3.37. The standard InChI is InChI=1S/C22H23N7OS/c1-13-18(29-8-3-6-16(19(23)30)22(29)25-13)21-26-17-12-28(2)9-7-15(17)20(27-21)24-11-14-5-4-10-31-14/h3-6,8,10H,7,9,11-12H2,1-2H3,(H2,23,30)(H,24,26,27). The largest absolute Gasteiger partial charge is 0.365 e. The second-order valence-electron chi connectivity index (χ2n) is 7.77. The highest BCUT2D eigenvalue weighted by Gasteiger charge is 2.24. The highest BCUT2D eigenvalue weighted by atomic mass is 32.1. The van der Waals surface area contributed by atoms with E-state index in [2.05, 4.69) is 39.8 Å². The van der Waals surface area contributed by atoms with Crippen LogP contribution in [0.1, 0.15) is 32.2 Å². The lowest BCUT2D eigenvalue weighted by atomic mass is 10.1. The van der Waals surface area contributed by atoms with Gasteiger partial charge in [0.05, 0.1) is 23.5 Å². The van der Waals surface area contributed by atoms with Gasteiger partial charge >= 0.3 is 0 Å². The summed E-state index contributed by atoms with van der Waals surface area (Å²) in [6.07, 6.45) is 2.77. The smallest absolute Gasteiger partial charge is 0.252 e. The van der Waals surface area contributed by atoms with E-state index in [1.807, 2.05) is 17.5 Å². The number of pyridine rings is 1. The van der Waals surface area contributed by atoms with Crippen LogP contribution < -0.4 is 11.1 Å². The van der Waals surface area contributed by atoms with Gasteiger partial charge in [-0.3, -0.25) is 9.20 Å². The van der Waals surface area contributed by atoms with E-state index < -0.39 is 5.91 Å². The number of carbonyl (C=O) groups excluding carboxylic acids is 1. The molecule has 0 unspecified atom stereocenters. The van der Waals surface area contributed by atoms with Crippen LogP contribution in [0.4, 0.5) is 5.82 Å². The van der Waals surface area contributed by atoms with E-state index in [4.69, 9.17) is 15.7 Å². The van der Waals surface area contributed by atoms with Gasteiger partial charge in [0.2, 0.25) is 0 Å². The number of likely N-dealkylation sites (N-methyl/N-ethyl adjacent to an activating group) is 1. The van der Waals surface area contributed by atoms with Crippen LogP contribution in [0, 0.1) is 6.92 Å². The number of hydrogen-bond acceptors (Lipinski definition) is 7. The molecule has 1 amide bonds. The lowest BCUT2D eigenvalue weighted by molar-refractivity contribution is 0.100. The van der Waals surface area contributed by atoms with E-state index in [0.29, 0.717) is 23.6 Å². The number of imidazole rings is 1. The van der Waals surface area contributed by atoms with E-state index in [9.17, 15) is 4.79 Å². The molecule has 1 aliphatic rings. The van der Waals surface area contributed by atoms with E-state index in [1.54, 1.807) is 23.5 Å². The molecule has 5 heterocycles. The van der Waals surface area contributed by atoms with Crippen molar-refractivity contribution in [3.8, 4) is 11.5 Å². The minimum atomic E-state index is -0.506. The van der Waals surface area contributed by atoms with Gasteiger partial charge in [-0.05, 0) is 44.0 Å². The molecule has 0 spiro atoms. The number of nitrogens with two attached hydrogens (primary N) is 1. The minimum Gasteiger partial charge on any atom is -0.365 e. The first-order chi connectivity index (χ1) is 15.0. The molecule has 4 aromatic heterocycles. The maximum Gasteiger partial charge on any atom is 0.252 e. The summed E-state index contributed by atoms with van der Waals surface area (Å²) in [5.74, 6) is 0.949. The van der Waals surface area contributed by atoms with Gasteiger partial charge in [-0.2, -0.15) is 0 Å². The second kappa shape index (κ2) is 7.75. The third-order valence-electron chi connectivity index (χ3n) is 5.57. The Balaban J connectivity index is 1.65. The van der Waals surface area contributed by atoms with Crippen LogP contribution in [-0.4, -0.2) is 43.8 Å². The summed E-state index contributed by atoms with van der Waals surface area (Å²) < 4.78 is 1.85. The SMILES string of the molecule is Cc1nc2c(C(N)=O)cccn2c1-c1nc2c(c(NCc3cccs3)n1)CCN(C)C2. The number of amides is 1. The monoisotopic (exact) mass is 433 g/mol. The van der Waals surface area contributed by atoms with Gasteiger partial charge in [0.1, 0.15) is 17.2 Å². The maximum atomic E-state index is 11.9. The van der Waals surface area contributed by atoms with Crippen LogP contribution >= 0.6 is 11.3 Å². The molecule has 0 atom stereocenters. The van der Waals surface area contributed by atoms with Crippen molar-refractivity contribution in [2.24, 2.45) is 5.73 Å². The fourth-order valence-electron chi connectivity index (χ4n) is 4.04. The fraction of sp³-hybridized carbons (Fsp3) is 0.273. The van der Waals surface area contributed by atoms with Crippen LogP contribution in [0.15, 0.2) is 35.8 Å². The van der Waals surface area contributed by atoms with Gasteiger partial charge < -0.3 is 16.0 Å². The van der Waals surface area contributed by atoms with E-state index in [0.717, 1.165) is 42.4 Å². The molecule has 0 bridgehead atoms. The molecule has 5 rings (SSSR count). The van der Waals surface area contributed by atoms with Crippen molar-refractivity contribution in [1.29, 1.82) is 0 Å².